The van der Waals surface area contributed by atoms with Crippen LogP contribution in [0.25, 0.3) is 5.78 Å². The van der Waals surface area contributed by atoms with E-state index in [0.29, 0.717) is 5.78 Å². The summed E-state index contributed by atoms with van der Waals surface area (Å²) in [5.74, 6) is -1.03. The maximum Gasteiger partial charge on any atom is 0.305 e. The Morgan fingerprint density at radius 1 is 1.47 bits per heavy atom. The molecule has 2 heterocycles. The molecular weight excluding hydrogens is 250 g/mol. The number of carbonyl (C=O) groups excluding carboxylic acids is 1. The summed E-state index contributed by atoms with van der Waals surface area (Å²) in [6.45, 7) is 1.93. The lowest BCUT2D eigenvalue weighted by molar-refractivity contribution is -0.137. The summed E-state index contributed by atoms with van der Waals surface area (Å²) in [5.41, 5.74) is 0.810. The molecule has 19 heavy (non-hydrogen) atoms. The molecule has 2 rings (SSSR count). The van der Waals surface area contributed by atoms with Crippen LogP contribution in [-0.2, 0) is 4.79 Å². The van der Waals surface area contributed by atoms with Gasteiger partial charge in [-0.15, -0.1) is 5.10 Å². The molecule has 2 aromatic rings. The Balaban J connectivity index is 2.21. The molecular formula is C11H13N5O3. The molecule has 0 atom stereocenters. The average Bonchev–Trinajstić information content (AvgIpc) is 2.80. The third-order valence-electron chi connectivity index (χ3n) is 2.63. The van der Waals surface area contributed by atoms with Crippen LogP contribution in [0.15, 0.2) is 12.3 Å². The summed E-state index contributed by atoms with van der Waals surface area (Å²) in [6.07, 6.45) is 1.47. The van der Waals surface area contributed by atoms with Crippen LogP contribution in [0.2, 0.25) is 0 Å². The van der Waals surface area contributed by atoms with Crippen LogP contribution in [0.4, 0.5) is 0 Å². The molecule has 0 aliphatic heterocycles. The van der Waals surface area contributed by atoms with Gasteiger partial charge in [0.05, 0.1) is 6.42 Å². The molecule has 8 nitrogen and oxygen atoms in total. The van der Waals surface area contributed by atoms with Gasteiger partial charge in [0.1, 0.15) is 0 Å². The fraction of sp³-hybridized carbons (Fsp3) is 0.364. The van der Waals surface area contributed by atoms with Gasteiger partial charge in [0.2, 0.25) is 5.82 Å². The Bertz CT molecular complexity index is 636. The molecule has 0 saturated carbocycles. The van der Waals surface area contributed by atoms with Crippen LogP contribution >= 0.6 is 0 Å². The third kappa shape index (κ3) is 2.67. The molecule has 0 aliphatic rings. The number of aromatic nitrogens is 4. The highest BCUT2D eigenvalue weighted by Gasteiger charge is 2.18. The smallest absolute Gasteiger partial charge is 0.305 e. The minimum Gasteiger partial charge on any atom is -0.481 e. The van der Waals surface area contributed by atoms with E-state index in [1.807, 2.05) is 6.92 Å². The number of rotatable bonds is 4. The van der Waals surface area contributed by atoms with Crippen LogP contribution in [0.1, 0.15) is 22.7 Å². The SMILES string of the molecule is Cc1ccnc2nc(C(=O)N(C)CCC(=O)O)nn12. The number of hydrogen-bond acceptors (Lipinski definition) is 5. The molecule has 100 valence electrons. The maximum absolute atomic E-state index is 12.0. The van der Waals surface area contributed by atoms with Crippen molar-refractivity contribution < 1.29 is 14.7 Å². The molecule has 2 aromatic heterocycles. The van der Waals surface area contributed by atoms with E-state index in [2.05, 4.69) is 15.1 Å². The molecule has 0 aromatic carbocycles. The molecule has 1 N–H and O–H groups in total. The zero-order valence-electron chi connectivity index (χ0n) is 10.6. The zero-order chi connectivity index (χ0) is 14.0. The molecule has 1 amide bonds. The van der Waals surface area contributed by atoms with E-state index in [1.54, 1.807) is 12.3 Å². The van der Waals surface area contributed by atoms with E-state index >= 15 is 0 Å². The number of carboxylic acid groups (broad SMARTS) is 1. The second kappa shape index (κ2) is 5.01. The summed E-state index contributed by atoms with van der Waals surface area (Å²) in [7, 11) is 1.51. The lowest BCUT2D eigenvalue weighted by Crippen LogP contribution is -2.30. The predicted molar refractivity (Wildman–Crippen MR) is 64.7 cm³/mol. The maximum atomic E-state index is 12.0. The van der Waals surface area contributed by atoms with Crippen LogP contribution < -0.4 is 0 Å². The topological polar surface area (TPSA) is 101 Å². The summed E-state index contributed by atoms with van der Waals surface area (Å²) in [5, 5.41) is 12.6. The molecule has 8 heteroatoms. The van der Waals surface area contributed by atoms with Crippen molar-refractivity contribution in [2.45, 2.75) is 13.3 Å². The van der Waals surface area contributed by atoms with Crippen LogP contribution in [0, 0.1) is 6.92 Å². The van der Waals surface area contributed by atoms with Crippen molar-refractivity contribution in [2.24, 2.45) is 0 Å². The minimum absolute atomic E-state index is 0.00897. The number of carbonyl (C=O) groups is 2. The van der Waals surface area contributed by atoms with Crippen molar-refractivity contribution in [2.75, 3.05) is 13.6 Å². The van der Waals surface area contributed by atoms with Crippen LogP contribution in [-0.4, -0.2) is 55.1 Å². The van der Waals surface area contributed by atoms with Gasteiger partial charge >= 0.3 is 5.97 Å². The van der Waals surface area contributed by atoms with Gasteiger partial charge in [-0.05, 0) is 13.0 Å². The Morgan fingerprint density at radius 2 is 2.21 bits per heavy atom. The second-order valence-corrected chi connectivity index (χ2v) is 4.10. The van der Waals surface area contributed by atoms with Crippen molar-refractivity contribution in [3.05, 3.63) is 23.8 Å². The molecule has 0 bridgehead atoms. The Morgan fingerprint density at radius 3 is 2.84 bits per heavy atom. The predicted octanol–water partition coefficient (Wildman–Crippen LogP) is -0.0206. The normalized spacial score (nSPS) is 10.6. The first kappa shape index (κ1) is 12.9. The van der Waals surface area contributed by atoms with Crippen molar-refractivity contribution in [1.82, 2.24) is 24.5 Å². The van der Waals surface area contributed by atoms with Gasteiger partial charge in [0, 0.05) is 25.5 Å². The molecule has 0 aliphatic carbocycles. The quantitative estimate of drug-likeness (QED) is 0.831. The van der Waals surface area contributed by atoms with Crippen molar-refractivity contribution in [3.63, 3.8) is 0 Å². The summed E-state index contributed by atoms with van der Waals surface area (Å²) < 4.78 is 1.47. The van der Waals surface area contributed by atoms with Gasteiger partial charge < -0.3 is 10.0 Å². The Kier molecular flexibility index (Phi) is 3.41. The van der Waals surface area contributed by atoms with Crippen LogP contribution in [0.5, 0.6) is 0 Å². The molecule has 0 unspecified atom stereocenters. The average molecular weight is 263 g/mol. The highest BCUT2D eigenvalue weighted by atomic mass is 16.4. The summed E-state index contributed by atoms with van der Waals surface area (Å²) in [6, 6.07) is 1.75. The number of carboxylic acids is 1. The first-order valence-corrected chi connectivity index (χ1v) is 5.64. The Labute approximate surface area is 108 Å². The van der Waals surface area contributed by atoms with Crippen molar-refractivity contribution in [3.8, 4) is 0 Å². The number of fused-ring (bicyclic) bond motifs is 1. The van der Waals surface area contributed by atoms with Gasteiger partial charge in [0.15, 0.2) is 0 Å². The van der Waals surface area contributed by atoms with Gasteiger partial charge in [-0.1, -0.05) is 0 Å². The van der Waals surface area contributed by atoms with Crippen LogP contribution in [0.3, 0.4) is 0 Å². The Hall–Kier alpha value is -2.51. The highest BCUT2D eigenvalue weighted by molar-refractivity contribution is 5.90. The van der Waals surface area contributed by atoms with Gasteiger partial charge in [-0.25, -0.2) is 9.50 Å². The lowest BCUT2D eigenvalue weighted by Gasteiger charge is -2.13. The van der Waals surface area contributed by atoms with E-state index in [1.165, 1.54) is 16.5 Å². The van der Waals surface area contributed by atoms with E-state index in [4.69, 9.17) is 5.11 Å². The fourth-order valence-corrected chi connectivity index (χ4v) is 1.53. The number of hydrogen-bond donors (Lipinski definition) is 1. The largest absolute Gasteiger partial charge is 0.481 e. The standard InChI is InChI=1S/C11H13N5O3/c1-7-3-5-12-11-13-9(14-16(7)11)10(19)15(2)6-4-8(17)18/h3,5H,4,6H2,1-2H3,(H,17,18). The van der Waals surface area contributed by atoms with E-state index in [9.17, 15) is 9.59 Å². The van der Waals surface area contributed by atoms with Gasteiger partial charge in [-0.3, -0.25) is 9.59 Å². The third-order valence-corrected chi connectivity index (χ3v) is 2.63. The summed E-state index contributed by atoms with van der Waals surface area (Å²) >= 11 is 0. The molecule has 0 radical (unpaired) electrons. The fourth-order valence-electron chi connectivity index (χ4n) is 1.53. The zero-order valence-corrected chi connectivity index (χ0v) is 10.6. The number of nitrogens with zero attached hydrogens (tertiary/aromatic N) is 5. The summed E-state index contributed by atoms with van der Waals surface area (Å²) in [4.78, 5) is 31.8. The first-order chi connectivity index (χ1) is 8.99. The van der Waals surface area contributed by atoms with E-state index in [-0.39, 0.29) is 18.8 Å². The number of aryl methyl sites for hydroxylation is 1. The first-order valence-electron chi connectivity index (χ1n) is 5.64. The van der Waals surface area contributed by atoms with Gasteiger partial charge in [-0.2, -0.15) is 4.98 Å². The molecule has 0 fully saturated rings. The highest BCUT2D eigenvalue weighted by Crippen LogP contribution is 2.04. The lowest BCUT2D eigenvalue weighted by atomic mass is 10.4. The van der Waals surface area contributed by atoms with Crippen molar-refractivity contribution in [1.29, 1.82) is 0 Å². The monoisotopic (exact) mass is 263 g/mol. The van der Waals surface area contributed by atoms with Crippen molar-refractivity contribution >= 4 is 17.7 Å². The minimum atomic E-state index is -0.958. The molecule has 0 saturated heterocycles. The second-order valence-electron chi connectivity index (χ2n) is 4.10. The van der Waals surface area contributed by atoms with E-state index < -0.39 is 11.9 Å². The number of aliphatic carboxylic acids is 1. The van der Waals surface area contributed by atoms with E-state index in [0.717, 1.165) is 5.69 Å². The van der Waals surface area contributed by atoms with Gasteiger partial charge in [0.25, 0.3) is 11.7 Å². The molecule has 0 spiro atoms. The number of amides is 1.